The van der Waals surface area contributed by atoms with Gasteiger partial charge in [-0.3, -0.25) is 19.3 Å². The number of ether oxygens (including phenoxy) is 2. The first-order valence-corrected chi connectivity index (χ1v) is 19.2. The van der Waals surface area contributed by atoms with E-state index in [4.69, 9.17) is 21.1 Å². The molecule has 1 aliphatic heterocycles. The molecule has 0 atom stereocenters. The molecular formula is C42H37ClIN3O5S. The van der Waals surface area contributed by atoms with Gasteiger partial charge in [-0.05, 0) is 83.5 Å². The highest BCUT2D eigenvalue weighted by molar-refractivity contribution is 14.1. The summed E-state index contributed by atoms with van der Waals surface area (Å²) < 4.78 is 12.8. The minimum absolute atomic E-state index is 0.0815. The van der Waals surface area contributed by atoms with E-state index in [0.29, 0.717) is 38.0 Å². The number of hydrogen-bond acceptors (Lipinski definition) is 6. The summed E-state index contributed by atoms with van der Waals surface area (Å²) in [5, 5.41) is 3.78. The number of carbonyl (C=O) groups is 3. The summed E-state index contributed by atoms with van der Waals surface area (Å²) in [6, 6.07) is 29.9. The summed E-state index contributed by atoms with van der Waals surface area (Å²) in [5.74, 6) is -0.748. The quantitative estimate of drug-likeness (QED) is 0.0588. The van der Waals surface area contributed by atoms with E-state index in [2.05, 4.69) is 39.5 Å². The lowest BCUT2D eigenvalue weighted by Gasteiger charge is -2.28. The summed E-state index contributed by atoms with van der Waals surface area (Å²) >= 11 is 9.48. The fraction of sp³-hybridized carbons (Fsp3) is 0.143. The van der Waals surface area contributed by atoms with Crippen LogP contribution in [0.2, 0.25) is 5.02 Å². The second-order valence-electron chi connectivity index (χ2n) is 11.5. The maximum Gasteiger partial charge on any atom is 0.285 e. The van der Waals surface area contributed by atoms with Crippen molar-refractivity contribution in [3.63, 3.8) is 0 Å². The van der Waals surface area contributed by atoms with Crippen molar-refractivity contribution in [3.8, 4) is 11.5 Å². The molecule has 4 aromatic rings. The highest BCUT2D eigenvalue weighted by Gasteiger charge is 2.35. The van der Waals surface area contributed by atoms with Gasteiger partial charge in [0.25, 0.3) is 11.8 Å². The highest BCUT2D eigenvalue weighted by atomic mass is 127. The van der Waals surface area contributed by atoms with Gasteiger partial charge in [-0.1, -0.05) is 127 Å². The van der Waals surface area contributed by atoms with Crippen LogP contribution in [0.25, 0.3) is 6.08 Å². The molecule has 53 heavy (non-hydrogen) atoms. The Hall–Kier alpha value is -4.91. The number of amides is 3. The second kappa shape index (κ2) is 19.2. The lowest BCUT2D eigenvalue weighted by Crippen LogP contribution is -2.42. The molecule has 1 N–H and O–H groups in total. The van der Waals surface area contributed by atoms with E-state index in [1.54, 1.807) is 49.4 Å². The molecule has 4 aromatic carbocycles. The predicted molar refractivity (Wildman–Crippen MR) is 222 cm³/mol. The Morgan fingerprint density at radius 1 is 1.00 bits per heavy atom. The highest BCUT2D eigenvalue weighted by Crippen LogP contribution is 2.37. The number of allylic oxidation sites excluding steroid dienone is 4. The third-order valence-electron chi connectivity index (χ3n) is 7.89. The fourth-order valence-corrected chi connectivity index (χ4v) is 7.18. The van der Waals surface area contributed by atoms with Crippen molar-refractivity contribution in [3.05, 3.63) is 170 Å². The first-order valence-electron chi connectivity index (χ1n) is 16.7. The number of nitrogens with zero attached hydrogens (tertiary/aromatic N) is 2. The number of rotatable bonds is 14. The normalized spacial score (nSPS) is 14.1. The molecule has 270 valence electrons. The Balaban J connectivity index is 1.43. The average Bonchev–Trinajstić information content (AvgIpc) is 3.16. The van der Waals surface area contributed by atoms with Gasteiger partial charge < -0.3 is 14.8 Å². The zero-order chi connectivity index (χ0) is 37.7. The van der Waals surface area contributed by atoms with Gasteiger partial charge in [-0.15, -0.1) is 0 Å². The minimum Gasteiger partial charge on any atom is -0.490 e. The van der Waals surface area contributed by atoms with Crippen LogP contribution >= 0.6 is 46.0 Å². The van der Waals surface area contributed by atoms with Crippen molar-refractivity contribution in [2.75, 3.05) is 12.4 Å². The molecule has 0 spiro atoms. The average molecular weight is 858 g/mol. The van der Waals surface area contributed by atoms with Crippen molar-refractivity contribution >= 4 is 74.9 Å². The lowest BCUT2D eigenvalue weighted by molar-refractivity contribution is -0.126. The van der Waals surface area contributed by atoms with Gasteiger partial charge in [0.2, 0.25) is 5.91 Å². The first-order chi connectivity index (χ1) is 25.7. The third-order valence-corrected chi connectivity index (χ3v) is 9.99. The van der Waals surface area contributed by atoms with Crippen molar-refractivity contribution < 1.29 is 23.9 Å². The summed E-state index contributed by atoms with van der Waals surface area (Å²) in [6.45, 7) is 7.95. The number of carbonyl (C=O) groups excluding carboxylic acids is 3. The molecule has 0 aliphatic carbocycles. The fourth-order valence-electron chi connectivity index (χ4n) is 5.40. The van der Waals surface area contributed by atoms with Crippen LogP contribution < -0.4 is 14.8 Å². The van der Waals surface area contributed by atoms with Gasteiger partial charge in [-0.2, -0.15) is 4.99 Å². The van der Waals surface area contributed by atoms with Crippen molar-refractivity contribution in [2.24, 2.45) is 4.99 Å². The van der Waals surface area contributed by atoms with Crippen LogP contribution in [0.1, 0.15) is 42.1 Å². The number of halogens is 2. The summed E-state index contributed by atoms with van der Waals surface area (Å²) in [7, 11) is 0. The van der Waals surface area contributed by atoms with Gasteiger partial charge in [-0.25, -0.2) is 0 Å². The molecule has 0 radical (unpaired) electrons. The van der Waals surface area contributed by atoms with Gasteiger partial charge in [0.05, 0.1) is 22.0 Å². The Morgan fingerprint density at radius 3 is 2.28 bits per heavy atom. The number of thioether (sulfide) groups is 1. The Kier molecular flexibility index (Phi) is 14.3. The van der Waals surface area contributed by atoms with Gasteiger partial charge in [0.15, 0.2) is 16.7 Å². The molecule has 11 heteroatoms. The van der Waals surface area contributed by atoms with Crippen LogP contribution in [0.3, 0.4) is 0 Å². The van der Waals surface area contributed by atoms with E-state index in [0.717, 1.165) is 28.5 Å². The summed E-state index contributed by atoms with van der Waals surface area (Å²) in [5.41, 5.74) is 3.50. The number of hydrogen-bond donors (Lipinski definition) is 1. The van der Waals surface area contributed by atoms with Gasteiger partial charge in [0, 0.05) is 16.3 Å². The lowest BCUT2D eigenvalue weighted by atomic mass is 9.99. The zero-order valence-electron chi connectivity index (χ0n) is 29.1. The van der Waals surface area contributed by atoms with Crippen LogP contribution in [-0.4, -0.2) is 40.1 Å². The van der Waals surface area contributed by atoms with E-state index in [1.165, 1.54) is 11.0 Å². The molecule has 0 saturated heterocycles. The van der Waals surface area contributed by atoms with Crippen molar-refractivity contribution in [2.45, 2.75) is 26.5 Å². The summed E-state index contributed by atoms with van der Waals surface area (Å²) in [4.78, 5) is 47.0. The van der Waals surface area contributed by atoms with Crippen LogP contribution in [0, 0.1) is 3.57 Å². The molecule has 1 heterocycles. The van der Waals surface area contributed by atoms with Crippen LogP contribution in [-0.2, 0) is 21.0 Å². The number of nitrogens with one attached hydrogen (secondary N) is 1. The third kappa shape index (κ3) is 10.2. The van der Waals surface area contributed by atoms with E-state index >= 15 is 0 Å². The van der Waals surface area contributed by atoms with Crippen molar-refractivity contribution in [1.29, 1.82) is 0 Å². The van der Waals surface area contributed by atoms with Crippen molar-refractivity contribution in [1.82, 2.24) is 10.2 Å². The monoisotopic (exact) mass is 857 g/mol. The van der Waals surface area contributed by atoms with Crippen LogP contribution in [0.15, 0.2) is 144 Å². The molecular weight excluding hydrogens is 821 g/mol. The topological polar surface area (TPSA) is 97.3 Å². The van der Waals surface area contributed by atoms with E-state index < -0.39 is 17.9 Å². The maximum atomic E-state index is 14.2. The Labute approximate surface area is 332 Å². The Morgan fingerprint density at radius 2 is 1.66 bits per heavy atom. The van der Waals surface area contributed by atoms with E-state index in [-0.39, 0.29) is 29.0 Å². The predicted octanol–water partition coefficient (Wildman–Crippen LogP) is 9.32. The molecule has 0 fully saturated rings. The van der Waals surface area contributed by atoms with E-state index in [1.807, 2.05) is 85.8 Å². The standard InChI is InChI=1S/C42H37ClIN3O5S/c1-4-7-21-32(5-2)47-41(50)33(23-28-24-35(44)39(36(25-28)51-6-3)52-26-31-20-14-15-22-34(31)43)40(49)46-42(47)53-27-37(48)45-38(29-16-10-8-11-17-29)30-18-12-9-13-19-30/h4-5,7-25,38H,1,6,26-27H2,2-3H3,(H,45,48)/b21-7-,32-5+,33-23+. The molecule has 0 bridgehead atoms. The minimum atomic E-state index is -0.726. The Bertz CT molecular complexity index is 2060. The summed E-state index contributed by atoms with van der Waals surface area (Å²) in [6.07, 6.45) is 8.17. The molecule has 8 nitrogen and oxygen atoms in total. The van der Waals surface area contributed by atoms with Crippen LogP contribution in [0.5, 0.6) is 11.5 Å². The molecule has 0 aromatic heterocycles. The molecule has 3 amide bonds. The maximum absolute atomic E-state index is 14.2. The van der Waals surface area contributed by atoms with Gasteiger partial charge in [0.1, 0.15) is 12.2 Å². The molecule has 5 rings (SSSR count). The second-order valence-corrected chi connectivity index (χ2v) is 14.0. The largest absolute Gasteiger partial charge is 0.490 e. The number of aliphatic imine (C=N–C) groups is 1. The van der Waals surface area contributed by atoms with Gasteiger partial charge >= 0.3 is 0 Å². The number of benzene rings is 4. The molecule has 0 unspecified atom stereocenters. The number of amidine groups is 1. The molecule has 0 saturated carbocycles. The molecule has 1 aliphatic rings. The smallest absolute Gasteiger partial charge is 0.285 e. The zero-order valence-corrected chi connectivity index (χ0v) is 32.9. The SMILES string of the molecule is C=C/C=C\C(=C/C)N1C(=O)/C(=C/c2cc(I)c(OCc3ccccc3Cl)c(OCC)c2)C(=O)N=C1SCC(=O)NC(c1ccccc1)c1ccccc1. The van der Waals surface area contributed by atoms with Crippen LogP contribution in [0.4, 0.5) is 0 Å². The first kappa shape index (κ1) is 39.3. The van der Waals surface area contributed by atoms with E-state index in [9.17, 15) is 14.4 Å².